The van der Waals surface area contributed by atoms with Gasteiger partial charge in [0.25, 0.3) is 17.8 Å². The van der Waals surface area contributed by atoms with E-state index in [0.29, 0.717) is 148 Å². The van der Waals surface area contributed by atoms with E-state index in [0.717, 1.165) is 122 Å². The Hall–Kier alpha value is -5.85. The van der Waals surface area contributed by atoms with Gasteiger partial charge in [0, 0.05) is 156 Å². The van der Waals surface area contributed by atoms with Crippen LogP contribution in [0.15, 0.2) is 72.9 Å². The molecule has 0 amide bonds. The minimum Gasteiger partial charge on any atom is -0.462 e. The number of hydrogen-bond donors (Lipinski definition) is 2. The van der Waals surface area contributed by atoms with Crippen molar-refractivity contribution in [2.75, 3.05) is 0 Å². The number of carbonyl (C=O) groups is 7. The van der Waals surface area contributed by atoms with Crippen LogP contribution >= 0.6 is 0 Å². The number of fused-ring (bicyclic) bond motifs is 5. The van der Waals surface area contributed by atoms with Crippen LogP contribution in [-0.4, -0.2) is 185 Å². The summed E-state index contributed by atoms with van der Waals surface area (Å²) in [4.78, 5) is 85.1. The molecule has 23 atom stereocenters. The van der Waals surface area contributed by atoms with Gasteiger partial charge in [-0.25, -0.2) is 26.3 Å². The molecule has 0 bridgehead atoms. The first-order chi connectivity index (χ1) is 68.7. The van der Waals surface area contributed by atoms with Crippen LogP contribution in [0.4, 0.5) is 43.9 Å². The highest BCUT2D eigenvalue weighted by molar-refractivity contribution is 5.95. The summed E-state index contributed by atoms with van der Waals surface area (Å²) in [6.45, 7) is 30.3. The fraction of sp³-hybridized carbons (Fsp3) is 0.836. The molecule has 19 nitrogen and oxygen atoms in total. The molecule has 5 saturated carbocycles. The summed E-state index contributed by atoms with van der Waals surface area (Å²) in [6, 6.07) is 0. The molecular formula is C116H186F10O19. The van der Waals surface area contributed by atoms with E-state index in [9.17, 15) is 87.7 Å². The average Bonchev–Trinajstić information content (AvgIpc) is 1.68. The number of carbonyl (C=O) groups excluding carboxylic acids is 7. The van der Waals surface area contributed by atoms with Crippen LogP contribution in [0.5, 0.6) is 0 Å². The first-order valence-corrected chi connectivity index (χ1v) is 56.3. The molecule has 5 aliphatic heterocycles. The summed E-state index contributed by atoms with van der Waals surface area (Å²) in [5.41, 5.74) is 0. The molecule has 10 rings (SSSR count). The number of ketones is 2. The fourth-order valence-electron chi connectivity index (χ4n) is 22.4. The lowest BCUT2D eigenvalue weighted by molar-refractivity contribution is -0.153. The monoisotopic (exact) mass is 2070 g/mol. The van der Waals surface area contributed by atoms with Gasteiger partial charge in [-0.3, -0.25) is 33.6 Å². The smallest absolute Gasteiger partial charge is 0.309 e. The zero-order valence-electron chi connectivity index (χ0n) is 90.6. The highest BCUT2D eigenvalue weighted by Gasteiger charge is 2.53. The largest absolute Gasteiger partial charge is 0.462 e. The highest BCUT2D eigenvalue weighted by Crippen LogP contribution is 2.50. The van der Waals surface area contributed by atoms with Crippen LogP contribution in [0.25, 0.3) is 0 Å². The van der Waals surface area contributed by atoms with Gasteiger partial charge in [-0.05, 0) is 222 Å². The lowest BCUT2D eigenvalue weighted by Gasteiger charge is -2.30. The lowest BCUT2D eigenvalue weighted by Crippen LogP contribution is -2.35. The number of hydrogen-bond acceptors (Lipinski definition) is 19. The second-order valence-electron chi connectivity index (χ2n) is 44.0. The minimum absolute atomic E-state index is 0.00465. The molecule has 834 valence electrons. The average molecular weight is 2070 g/mol. The number of unbranched alkanes of at least 4 members (excludes halogenated alkanes) is 5. The number of alkyl halides is 10. The molecule has 145 heavy (non-hydrogen) atoms. The van der Waals surface area contributed by atoms with Crippen LogP contribution in [0.1, 0.15) is 419 Å². The number of halogens is 10. The third-order valence-corrected chi connectivity index (χ3v) is 30.2. The second-order valence-corrected chi connectivity index (χ2v) is 44.0. The van der Waals surface area contributed by atoms with Gasteiger partial charge in [0.05, 0.1) is 61.0 Å². The number of allylic oxidation sites excluding steroid dienone is 8. The number of esters is 5. The third-order valence-electron chi connectivity index (χ3n) is 30.2. The van der Waals surface area contributed by atoms with Crippen molar-refractivity contribution in [3.8, 4) is 0 Å². The van der Waals surface area contributed by atoms with Crippen LogP contribution < -0.4 is 0 Å². The van der Waals surface area contributed by atoms with Crippen molar-refractivity contribution < 1.29 is 135 Å². The normalized spacial score (nSPS) is 30.1. The fourth-order valence-corrected chi connectivity index (χ4v) is 22.4. The Balaban J connectivity index is 0.000000277. The number of aliphatic hydroxyl groups excluding tert-OH is 2. The Morgan fingerprint density at radius 3 is 1.06 bits per heavy atom. The zero-order valence-corrected chi connectivity index (χ0v) is 90.6. The van der Waals surface area contributed by atoms with E-state index in [-0.39, 0.29) is 219 Å². The maximum atomic E-state index is 14.4. The molecule has 10 aliphatic rings. The number of ether oxygens (including phenoxy) is 10. The predicted molar refractivity (Wildman–Crippen MR) is 545 cm³/mol. The number of rotatable bonds is 42. The van der Waals surface area contributed by atoms with E-state index in [1.165, 1.54) is 6.08 Å². The van der Waals surface area contributed by atoms with Crippen LogP contribution in [0.2, 0.25) is 0 Å². The van der Waals surface area contributed by atoms with Crippen molar-refractivity contribution >= 4 is 41.4 Å². The number of Topliss-reactive ketones (excluding diaryl/α,β-unsaturated/α-hetero) is 1. The molecule has 2 N–H and O–H groups in total. The van der Waals surface area contributed by atoms with E-state index in [4.69, 9.17) is 47.4 Å². The summed E-state index contributed by atoms with van der Waals surface area (Å²) >= 11 is 0. The maximum absolute atomic E-state index is 14.4. The molecule has 0 aromatic carbocycles. The summed E-state index contributed by atoms with van der Waals surface area (Å²) in [5.74, 6) is -19.8. The van der Waals surface area contributed by atoms with Crippen molar-refractivity contribution in [3.63, 3.8) is 0 Å². The summed E-state index contributed by atoms with van der Waals surface area (Å²) in [5, 5.41) is 20.3. The molecule has 2 saturated heterocycles. The van der Waals surface area contributed by atoms with E-state index in [1.54, 1.807) is 25.2 Å². The Morgan fingerprint density at radius 1 is 0.366 bits per heavy atom. The van der Waals surface area contributed by atoms with Gasteiger partial charge in [-0.15, -0.1) is 0 Å². The Bertz CT molecular complexity index is 3820. The van der Waals surface area contributed by atoms with Gasteiger partial charge >= 0.3 is 41.7 Å². The third kappa shape index (κ3) is 44.8. The standard InChI is InChI=1S/C24H38F2O3.C23H40F2O4.C23H38F2O4.C23H36F2O4.C23H34F2O4/c1-5-6-15-24(25,26)18(4)13-14-20-19-11-9-7-8-10-12-23(27)29-22(19)16-21(20)28-17(2)3;4*1-4-5-14-23(24,25)21(26)13-12-18-17-10-8-6-7-9-11-22(27)29-20(17)15-19(18)28-16(2)3/h7,9,13-14,17-22H,5-6,8,10-12,15-16H2,1-4H3;16-21,26H,4-15H2,1-3H3;16-20H,4-15H2,1-3H3;6,8,12-13,16-21,26H,4-5,7,9-11,14-15H2,1-3H3;6,8,12-13,16-20H,4-5,7,9-11,14-15H2,1-3H3/b9-7-,14-13+;;;2*8-6-,13-12+/t18-,19?,20-,21-,22?;17-,18-,19-,20+,21-;17-,18-,19-,20+;17?,18-,19-,20?,21-;17?,18-,19-,20?/m11111/s1. The quantitative estimate of drug-likeness (QED) is 0.0189. The molecule has 6 unspecified atom stereocenters. The van der Waals surface area contributed by atoms with Gasteiger partial charge in [0.2, 0.25) is 11.6 Å². The minimum atomic E-state index is -3.35. The van der Waals surface area contributed by atoms with E-state index >= 15 is 0 Å². The second kappa shape index (κ2) is 65.5. The maximum Gasteiger partial charge on any atom is 0.309 e. The first-order valence-electron chi connectivity index (χ1n) is 56.3. The molecular weight excluding hydrogens is 1890 g/mol. The Kier molecular flexibility index (Phi) is 57.8. The van der Waals surface area contributed by atoms with Crippen molar-refractivity contribution in [3.05, 3.63) is 72.9 Å². The molecule has 0 aromatic rings. The number of aliphatic hydroxyl groups is 2. The summed E-state index contributed by atoms with van der Waals surface area (Å²) in [7, 11) is 0. The summed E-state index contributed by atoms with van der Waals surface area (Å²) < 4.78 is 201. The highest BCUT2D eigenvalue weighted by atomic mass is 19.3. The van der Waals surface area contributed by atoms with Crippen LogP contribution in [0, 0.1) is 65.1 Å². The topological polar surface area (TPSA) is 252 Å². The molecule has 0 radical (unpaired) electrons. The molecule has 0 aromatic heterocycles. The molecule has 7 fully saturated rings. The molecule has 5 aliphatic carbocycles. The van der Waals surface area contributed by atoms with Crippen molar-refractivity contribution in [1.29, 1.82) is 0 Å². The van der Waals surface area contributed by atoms with Crippen molar-refractivity contribution in [2.24, 2.45) is 65.1 Å². The van der Waals surface area contributed by atoms with Gasteiger partial charge in [-0.2, -0.15) is 17.6 Å². The predicted octanol–water partition coefficient (Wildman–Crippen LogP) is 28.6. The molecule has 5 heterocycles. The molecule has 0 spiro atoms. The van der Waals surface area contributed by atoms with Crippen LogP contribution in [0.3, 0.4) is 0 Å². The Labute approximate surface area is 862 Å². The summed E-state index contributed by atoms with van der Waals surface area (Å²) in [6.07, 6.45) is 42.1. The van der Waals surface area contributed by atoms with Crippen LogP contribution in [-0.2, 0) is 80.9 Å². The van der Waals surface area contributed by atoms with E-state index in [2.05, 4.69) is 36.5 Å². The zero-order chi connectivity index (χ0) is 107. The van der Waals surface area contributed by atoms with Crippen molar-refractivity contribution in [2.45, 2.75) is 552 Å². The van der Waals surface area contributed by atoms with E-state index < -0.39 is 65.7 Å². The van der Waals surface area contributed by atoms with Gasteiger partial charge in [0.1, 0.15) is 42.7 Å². The van der Waals surface area contributed by atoms with Crippen molar-refractivity contribution in [1.82, 2.24) is 0 Å². The van der Waals surface area contributed by atoms with Gasteiger partial charge in [0.15, 0.2) is 0 Å². The SMILES string of the molecule is CCCCC(F)(F)C(=O)/C=C/[C@@H]1C2C/C=C\CCCC(=O)OC2C[C@H]1OC(C)C.CCCCC(F)(F)C(=O)CC[C@@H]1[C@H]2CCCCCCC(=O)O[C@H]2C[C@H]1OC(C)C.CCCCC(F)(F)[C@H](C)/C=C/[C@@H]1C2C/C=C\CCCC(=O)OC2C[C@H]1OC(C)C.CCCCC(F)(F)[C@H](O)/C=C/[C@@H]1C2C/C=C\CCCC(=O)OC2C[C@H]1OC(C)C.CCCCC(F)(F)[C@H](O)CC[C@@H]1[C@H]2CCCCCCC(=O)O[C@H]2C[C@H]1OC(C)C. The molecule has 29 heteroatoms. The first kappa shape index (κ1) is 128. The Morgan fingerprint density at radius 2 is 0.676 bits per heavy atom. The lowest BCUT2D eigenvalue weighted by atomic mass is 9.83. The van der Waals surface area contributed by atoms with E-state index in [1.807, 2.05) is 110 Å². The van der Waals surface area contributed by atoms with Gasteiger partial charge in [-0.1, -0.05) is 179 Å². The van der Waals surface area contributed by atoms with Gasteiger partial charge < -0.3 is 57.6 Å².